The van der Waals surface area contributed by atoms with E-state index in [0.717, 1.165) is 18.3 Å². The summed E-state index contributed by atoms with van der Waals surface area (Å²) >= 11 is 2.02. The highest BCUT2D eigenvalue weighted by Crippen LogP contribution is 2.16. The predicted molar refractivity (Wildman–Crippen MR) is 42.3 cm³/mol. The Bertz CT molecular complexity index is 77.1. The molecule has 9 heavy (non-hydrogen) atoms. The van der Waals surface area contributed by atoms with Crippen molar-refractivity contribution in [2.45, 2.75) is 18.6 Å². The van der Waals surface area contributed by atoms with Gasteiger partial charge in [0.1, 0.15) is 0 Å². The van der Waals surface area contributed by atoms with E-state index in [1.165, 1.54) is 12.2 Å². The lowest BCUT2D eigenvalue weighted by molar-refractivity contribution is 0.303. The molecule has 2 N–H and O–H groups in total. The molecule has 0 aliphatic carbocycles. The number of rotatable bonds is 0. The molecule has 0 bridgehead atoms. The molecule has 54 valence electrons. The van der Waals surface area contributed by atoms with E-state index in [9.17, 15) is 0 Å². The summed E-state index contributed by atoms with van der Waals surface area (Å²) in [5, 5.41) is 2.72. The Morgan fingerprint density at radius 3 is 3.11 bits per heavy atom. The zero-order chi connectivity index (χ0) is 6.69. The van der Waals surface area contributed by atoms with Crippen molar-refractivity contribution in [2.24, 2.45) is 5.84 Å². The summed E-state index contributed by atoms with van der Waals surface area (Å²) in [6.45, 7) is 4.38. The van der Waals surface area contributed by atoms with Gasteiger partial charge in [-0.25, -0.2) is 5.01 Å². The Morgan fingerprint density at radius 1 is 1.56 bits per heavy atom. The van der Waals surface area contributed by atoms with Crippen molar-refractivity contribution in [3.63, 3.8) is 0 Å². The quantitative estimate of drug-likeness (QED) is 0.510. The molecule has 3 heteroatoms. The Morgan fingerprint density at radius 2 is 2.33 bits per heavy atom. The van der Waals surface area contributed by atoms with E-state index in [1.54, 1.807) is 0 Å². The van der Waals surface area contributed by atoms with Crippen molar-refractivity contribution in [1.29, 1.82) is 0 Å². The van der Waals surface area contributed by atoms with Crippen LogP contribution in [0.15, 0.2) is 0 Å². The third kappa shape index (κ3) is 2.56. The van der Waals surface area contributed by atoms with Crippen LogP contribution in [0.5, 0.6) is 0 Å². The average Bonchev–Trinajstić information content (AvgIpc) is 1.97. The zero-order valence-electron chi connectivity index (χ0n) is 5.84. The predicted octanol–water partition coefficient (Wildman–Crippen LogP) is 0.688. The van der Waals surface area contributed by atoms with Gasteiger partial charge in [0.05, 0.1) is 0 Å². The Balaban J connectivity index is 2.25. The van der Waals surface area contributed by atoms with Gasteiger partial charge in [0.25, 0.3) is 0 Å². The van der Waals surface area contributed by atoms with Crippen molar-refractivity contribution >= 4 is 11.8 Å². The van der Waals surface area contributed by atoms with Gasteiger partial charge in [-0.1, -0.05) is 6.92 Å². The van der Waals surface area contributed by atoms with Gasteiger partial charge in [0, 0.05) is 24.1 Å². The summed E-state index contributed by atoms with van der Waals surface area (Å²) in [7, 11) is 0. The van der Waals surface area contributed by atoms with Crippen LogP contribution in [-0.2, 0) is 0 Å². The van der Waals surface area contributed by atoms with E-state index < -0.39 is 0 Å². The number of thioether (sulfide) groups is 1. The number of hydrogen-bond donors (Lipinski definition) is 1. The standard InChI is InChI=1S/C6H14N2S/c1-6-2-3-8(7)4-5-9-6/h6H,2-5,7H2,1H3. The van der Waals surface area contributed by atoms with Crippen molar-refractivity contribution in [3.05, 3.63) is 0 Å². The number of nitrogens with zero attached hydrogens (tertiary/aromatic N) is 1. The normalized spacial score (nSPS) is 32.0. The first-order valence-electron chi connectivity index (χ1n) is 3.40. The van der Waals surface area contributed by atoms with Crippen LogP contribution < -0.4 is 5.84 Å². The summed E-state index contributed by atoms with van der Waals surface area (Å²) in [6, 6.07) is 0. The molecule has 1 rings (SSSR count). The minimum absolute atomic E-state index is 0.804. The molecule has 0 saturated carbocycles. The summed E-state index contributed by atoms with van der Waals surface area (Å²) in [5.41, 5.74) is 0. The fraction of sp³-hybridized carbons (Fsp3) is 1.00. The van der Waals surface area contributed by atoms with Gasteiger partial charge in [-0.2, -0.15) is 11.8 Å². The van der Waals surface area contributed by atoms with Crippen LogP contribution >= 0.6 is 11.8 Å². The summed E-state index contributed by atoms with van der Waals surface area (Å²) in [5.74, 6) is 6.81. The lowest BCUT2D eigenvalue weighted by atomic mass is 10.3. The third-order valence-corrected chi connectivity index (χ3v) is 2.83. The van der Waals surface area contributed by atoms with Crippen LogP contribution in [0.4, 0.5) is 0 Å². The molecule has 1 aliphatic heterocycles. The monoisotopic (exact) mass is 146 g/mol. The van der Waals surface area contributed by atoms with Crippen molar-refractivity contribution < 1.29 is 0 Å². The molecule has 1 heterocycles. The highest BCUT2D eigenvalue weighted by Gasteiger charge is 2.09. The molecule has 0 aromatic rings. The third-order valence-electron chi connectivity index (χ3n) is 1.60. The first-order valence-corrected chi connectivity index (χ1v) is 4.45. The maximum atomic E-state index is 5.62. The Labute approximate surface area is 60.8 Å². The zero-order valence-corrected chi connectivity index (χ0v) is 6.66. The minimum Gasteiger partial charge on any atom is -0.269 e. The number of nitrogens with two attached hydrogens (primary N) is 1. The number of hydrazine groups is 1. The van der Waals surface area contributed by atoms with Crippen molar-refractivity contribution in [1.82, 2.24) is 5.01 Å². The summed E-state index contributed by atoms with van der Waals surface area (Å²) in [4.78, 5) is 0. The molecule has 1 unspecified atom stereocenters. The second-order valence-corrected chi connectivity index (χ2v) is 4.05. The van der Waals surface area contributed by atoms with E-state index in [2.05, 4.69) is 6.92 Å². The van der Waals surface area contributed by atoms with Crippen LogP contribution in [0.1, 0.15) is 13.3 Å². The smallest absolute Gasteiger partial charge is 0.0219 e. The highest BCUT2D eigenvalue weighted by molar-refractivity contribution is 7.99. The SMILES string of the molecule is CC1CCN(N)CCS1. The van der Waals surface area contributed by atoms with E-state index in [1.807, 2.05) is 16.8 Å². The molecule has 0 aromatic carbocycles. The largest absolute Gasteiger partial charge is 0.269 e. The van der Waals surface area contributed by atoms with Crippen molar-refractivity contribution in [2.75, 3.05) is 18.8 Å². The molecule has 0 amide bonds. The Hall–Kier alpha value is 0.270. The molecular weight excluding hydrogens is 132 g/mol. The summed E-state index contributed by atoms with van der Waals surface area (Å²) < 4.78 is 0. The molecule has 2 nitrogen and oxygen atoms in total. The maximum Gasteiger partial charge on any atom is 0.0219 e. The van der Waals surface area contributed by atoms with Gasteiger partial charge in [-0.05, 0) is 6.42 Å². The lowest BCUT2D eigenvalue weighted by Gasteiger charge is -2.10. The minimum atomic E-state index is 0.804. The van der Waals surface area contributed by atoms with Crippen LogP contribution in [-0.4, -0.2) is 29.1 Å². The molecule has 1 atom stereocenters. The second-order valence-electron chi connectivity index (χ2n) is 2.51. The van der Waals surface area contributed by atoms with Gasteiger partial charge < -0.3 is 0 Å². The van der Waals surface area contributed by atoms with Crippen LogP contribution in [0.2, 0.25) is 0 Å². The van der Waals surface area contributed by atoms with Crippen LogP contribution in [0.3, 0.4) is 0 Å². The van der Waals surface area contributed by atoms with E-state index in [-0.39, 0.29) is 0 Å². The fourth-order valence-electron chi connectivity index (χ4n) is 0.914. The Kier molecular flexibility index (Phi) is 2.82. The molecular formula is C6H14N2S. The maximum absolute atomic E-state index is 5.62. The van der Waals surface area contributed by atoms with Gasteiger partial charge in [-0.15, -0.1) is 0 Å². The first-order chi connectivity index (χ1) is 4.29. The van der Waals surface area contributed by atoms with E-state index >= 15 is 0 Å². The van der Waals surface area contributed by atoms with Gasteiger partial charge in [-0.3, -0.25) is 5.84 Å². The summed E-state index contributed by atoms with van der Waals surface area (Å²) in [6.07, 6.45) is 1.24. The highest BCUT2D eigenvalue weighted by atomic mass is 32.2. The second kappa shape index (κ2) is 3.44. The van der Waals surface area contributed by atoms with Gasteiger partial charge in [0.2, 0.25) is 0 Å². The molecule has 0 aromatic heterocycles. The van der Waals surface area contributed by atoms with Crippen LogP contribution in [0, 0.1) is 0 Å². The average molecular weight is 146 g/mol. The van der Waals surface area contributed by atoms with Gasteiger partial charge in [0.15, 0.2) is 0 Å². The fourth-order valence-corrected chi connectivity index (χ4v) is 1.93. The lowest BCUT2D eigenvalue weighted by Crippen LogP contribution is -2.32. The van der Waals surface area contributed by atoms with E-state index in [4.69, 9.17) is 5.84 Å². The molecule has 1 aliphatic rings. The molecule has 1 fully saturated rings. The molecule has 0 radical (unpaired) electrons. The number of hydrogen-bond acceptors (Lipinski definition) is 3. The van der Waals surface area contributed by atoms with E-state index in [0.29, 0.717) is 0 Å². The van der Waals surface area contributed by atoms with Crippen LogP contribution in [0.25, 0.3) is 0 Å². The first kappa shape index (κ1) is 7.38. The topological polar surface area (TPSA) is 29.3 Å². The van der Waals surface area contributed by atoms with Crippen molar-refractivity contribution in [3.8, 4) is 0 Å². The van der Waals surface area contributed by atoms with Gasteiger partial charge >= 0.3 is 0 Å². The molecule has 0 spiro atoms. The molecule has 1 saturated heterocycles.